The van der Waals surface area contributed by atoms with Crippen LogP contribution in [0.3, 0.4) is 0 Å². The third kappa shape index (κ3) is 5.03. The molecule has 29 heavy (non-hydrogen) atoms. The number of rotatable bonds is 6. The number of benzene rings is 3. The molecule has 5 nitrogen and oxygen atoms in total. The van der Waals surface area contributed by atoms with E-state index < -0.39 is 10.0 Å². The number of amides is 1. The largest absolute Gasteiger partial charge is 0.341 e. The minimum atomic E-state index is -3.44. The van der Waals surface area contributed by atoms with Crippen LogP contribution in [0.15, 0.2) is 72.8 Å². The lowest BCUT2D eigenvalue weighted by Gasteiger charge is -2.22. The van der Waals surface area contributed by atoms with E-state index in [1.807, 2.05) is 61.5 Å². The molecule has 1 amide bonds. The van der Waals surface area contributed by atoms with Crippen LogP contribution in [-0.4, -0.2) is 20.6 Å². The van der Waals surface area contributed by atoms with Gasteiger partial charge in [-0.3, -0.25) is 9.52 Å². The summed E-state index contributed by atoms with van der Waals surface area (Å²) in [7, 11) is -3.44. The smallest absolute Gasteiger partial charge is 0.252 e. The van der Waals surface area contributed by atoms with E-state index >= 15 is 0 Å². The molecule has 2 N–H and O–H groups in total. The summed E-state index contributed by atoms with van der Waals surface area (Å²) in [5, 5.41) is 3.12. The second-order valence-corrected chi connectivity index (χ2v) is 8.77. The first-order chi connectivity index (χ1) is 13.8. The van der Waals surface area contributed by atoms with Gasteiger partial charge >= 0.3 is 0 Å². The first kappa shape index (κ1) is 20.6. The average Bonchev–Trinajstić information content (AvgIpc) is 2.68. The molecule has 0 heterocycles. The first-order valence-electron chi connectivity index (χ1n) is 9.25. The van der Waals surface area contributed by atoms with Gasteiger partial charge < -0.3 is 5.32 Å². The highest BCUT2D eigenvalue weighted by molar-refractivity contribution is 7.92. The van der Waals surface area contributed by atoms with Crippen molar-refractivity contribution in [1.82, 2.24) is 5.32 Å². The van der Waals surface area contributed by atoms with E-state index in [9.17, 15) is 13.2 Å². The van der Waals surface area contributed by atoms with Crippen molar-refractivity contribution in [2.24, 2.45) is 0 Å². The van der Waals surface area contributed by atoms with Crippen LogP contribution in [0.1, 0.15) is 38.7 Å². The van der Waals surface area contributed by atoms with Crippen molar-refractivity contribution >= 4 is 21.6 Å². The van der Waals surface area contributed by atoms with Gasteiger partial charge in [0.15, 0.2) is 0 Å². The Morgan fingerprint density at radius 3 is 2.17 bits per heavy atom. The number of nitrogens with one attached hydrogen (secondary N) is 2. The van der Waals surface area contributed by atoms with Gasteiger partial charge in [0.2, 0.25) is 10.0 Å². The van der Waals surface area contributed by atoms with Crippen LogP contribution in [0.2, 0.25) is 0 Å². The average molecular weight is 409 g/mol. The molecule has 1 atom stereocenters. The second kappa shape index (κ2) is 8.49. The lowest BCUT2D eigenvalue weighted by molar-refractivity contribution is 0.0942. The molecular formula is C23H24N2O3S. The van der Waals surface area contributed by atoms with E-state index in [0.29, 0.717) is 16.8 Å². The Hall–Kier alpha value is -3.12. The number of carbonyl (C=O) groups excluding carboxylic acids is 1. The fourth-order valence-electron chi connectivity index (χ4n) is 3.30. The van der Waals surface area contributed by atoms with E-state index in [0.717, 1.165) is 22.9 Å². The Bertz CT molecular complexity index is 1130. The summed E-state index contributed by atoms with van der Waals surface area (Å²) in [5.74, 6) is -0.267. The third-order valence-corrected chi connectivity index (χ3v) is 5.37. The van der Waals surface area contributed by atoms with Crippen LogP contribution in [0.25, 0.3) is 0 Å². The van der Waals surface area contributed by atoms with Gasteiger partial charge in [-0.05, 0) is 48.2 Å². The molecule has 0 aliphatic carbocycles. The van der Waals surface area contributed by atoms with Crippen molar-refractivity contribution in [3.63, 3.8) is 0 Å². The van der Waals surface area contributed by atoms with Gasteiger partial charge in [0.05, 0.1) is 18.0 Å². The summed E-state index contributed by atoms with van der Waals surface area (Å²) in [5.41, 5.74) is 4.45. The highest BCUT2D eigenvalue weighted by atomic mass is 32.2. The molecule has 0 bridgehead atoms. The van der Waals surface area contributed by atoms with Gasteiger partial charge in [-0.25, -0.2) is 8.42 Å². The van der Waals surface area contributed by atoms with Crippen molar-refractivity contribution in [2.75, 3.05) is 11.0 Å². The summed E-state index contributed by atoms with van der Waals surface area (Å²) in [4.78, 5) is 13.2. The van der Waals surface area contributed by atoms with Gasteiger partial charge in [0, 0.05) is 5.56 Å². The minimum Gasteiger partial charge on any atom is -0.341 e. The fourth-order valence-corrected chi connectivity index (χ4v) is 3.92. The Kier molecular flexibility index (Phi) is 6.03. The number of hydrogen-bond acceptors (Lipinski definition) is 3. The number of hydrogen-bond donors (Lipinski definition) is 2. The minimum absolute atomic E-state index is 0.267. The Morgan fingerprint density at radius 2 is 1.52 bits per heavy atom. The Labute approximate surface area is 171 Å². The van der Waals surface area contributed by atoms with Crippen molar-refractivity contribution in [1.29, 1.82) is 0 Å². The molecule has 0 radical (unpaired) electrons. The number of sulfonamides is 1. The predicted molar refractivity (Wildman–Crippen MR) is 117 cm³/mol. The predicted octanol–water partition coefficient (Wildman–Crippen LogP) is 4.19. The molecule has 0 fully saturated rings. The number of aryl methyl sites for hydroxylation is 1. The lowest BCUT2D eigenvalue weighted by Crippen LogP contribution is -2.30. The fraction of sp³-hybridized carbons (Fsp3) is 0.174. The molecule has 0 aliphatic heterocycles. The first-order valence-corrected chi connectivity index (χ1v) is 11.1. The highest BCUT2D eigenvalue weighted by Gasteiger charge is 2.21. The Balaban J connectivity index is 1.98. The van der Waals surface area contributed by atoms with E-state index in [-0.39, 0.29) is 11.9 Å². The highest BCUT2D eigenvalue weighted by Crippen LogP contribution is 2.26. The van der Waals surface area contributed by atoms with Gasteiger partial charge in [-0.2, -0.15) is 0 Å². The van der Waals surface area contributed by atoms with Gasteiger partial charge in [0.1, 0.15) is 0 Å². The van der Waals surface area contributed by atoms with Crippen molar-refractivity contribution < 1.29 is 13.2 Å². The van der Waals surface area contributed by atoms with Crippen molar-refractivity contribution in [3.05, 3.63) is 101 Å². The monoisotopic (exact) mass is 408 g/mol. The quantitative estimate of drug-likeness (QED) is 0.642. The molecule has 0 saturated heterocycles. The maximum absolute atomic E-state index is 13.2. The molecule has 6 heteroatoms. The second-order valence-electron chi connectivity index (χ2n) is 7.03. The zero-order valence-corrected chi connectivity index (χ0v) is 17.5. The number of anilines is 1. The van der Waals surface area contributed by atoms with Gasteiger partial charge in [-0.1, -0.05) is 60.7 Å². The van der Waals surface area contributed by atoms with Crippen LogP contribution in [-0.2, 0) is 10.0 Å². The molecule has 0 spiro atoms. The van der Waals surface area contributed by atoms with E-state index in [1.165, 1.54) is 0 Å². The summed E-state index contributed by atoms with van der Waals surface area (Å²) >= 11 is 0. The molecular weight excluding hydrogens is 384 g/mol. The zero-order chi connectivity index (χ0) is 21.0. The molecule has 150 valence electrons. The summed E-state index contributed by atoms with van der Waals surface area (Å²) in [6.07, 6.45) is 1.09. The Morgan fingerprint density at radius 1 is 0.862 bits per heavy atom. The van der Waals surface area contributed by atoms with E-state index in [1.54, 1.807) is 25.1 Å². The van der Waals surface area contributed by atoms with Gasteiger partial charge in [-0.15, -0.1) is 0 Å². The number of carbonyl (C=O) groups is 1. The summed E-state index contributed by atoms with van der Waals surface area (Å²) in [6, 6.07) is 22.4. The van der Waals surface area contributed by atoms with Crippen molar-refractivity contribution in [2.45, 2.75) is 19.9 Å². The summed E-state index contributed by atoms with van der Waals surface area (Å²) in [6.45, 7) is 3.74. The lowest BCUT2D eigenvalue weighted by atomic mass is 9.94. The molecule has 3 aromatic rings. The van der Waals surface area contributed by atoms with Crippen LogP contribution in [0, 0.1) is 13.8 Å². The molecule has 3 rings (SSSR count). The molecule has 0 saturated carbocycles. The zero-order valence-electron chi connectivity index (χ0n) is 16.6. The maximum Gasteiger partial charge on any atom is 0.252 e. The van der Waals surface area contributed by atoms with Crippen LogP contribution < -0.4 is 10.0 Å². The van der Waals surface area contributed by atoms with Crippen LogP contribution in [0.4, 0.5) is 5.69 Å². The van der Waals surface area contributed by atoms with E-state index in [2.05, 4.69) is 10.0 Å². The topological polar surface area (TPSA) is 75.3 Å². The maximum atomic E-state index is 13.2. The summed E-state index contributed by atoms with van der Waals surface area (Å²) < 4.78 is 25.7. The van der Waals surface area contributed by atoms with Crippen LogP contribution >= 0.6 is 0 Å². The van der Waals surface area contributed by atoms with Crippen molar-refractivity contribution in [3.8, 4) is 0 Å². The molecule has 0 unspecified atom stereocenters. The van der Waals surface area contributed by atoms with E-state index in [4.69, 9.17) is 0 Å². The molecule has 0 aliphatic rings. The standard InChI is InChI=1S/C23H24N2O3S/c1-16-10-7-8-13-19(16)22(18-11-5-4-6-12-18)24-23(26)20-14-9-15-21(17(20)2)25-29(3,27)28/h4-15,22,25H,1-3H3,(H,24,26)/t22-/m0/s1. The van der Waals surface area contributed by atoms with Gasteiger partial charge in [0.25, 0.3) is 5.91 Å². The SMILES string of the molecule is Cc1ccccc1[C@@H](NC(=O)c1cccc(NS(C)(=O)=O)c1C)c1ccccc1. The molecule has 0 aromatic heterocycles. The van der Waals surface area contributed by atoms with Crippen LogP contribution in [0.5, 0.6) is 0 Å². The third-order valence-electron chi connectivity index (χ3n) is 4.78. The molecule has 3 aromatic carbocycles. The normalized spacial score (nSPS) is 12.2.